The summed E-state index contributed by atoms with van der Waals surface area (Å²) < 4.78 is 31.5. The minimum absolute atomic E-state index is 0.284. The quantitative estimate of drug-likeness (QED) is 0.116. The zero-order chi connectivity index (χ0) is 33.1. The van der Waals surface area contributed by atoms with Crippen molar-refractivity contribution in [1.82, 2.24) is 0 Å². The second-order valence-electron chi connectivity index (χ2n) is 11.3. The minimum Gasteiger partial charge on any atom is -0.394 e. The highest BCUT2D eigenvalue weighted by Crippen LogP contribution is 2.32. The molecule has 0 radical (unpaired) electrons. The van der Waals surface area contributed by atoms with Crippen molar-refractivity contribution in [2.45, 2.75) is 118 Å². The molecule has 4 saturated heterocycles. The Morgan fingerprint density at radius 3 is 1.52 bits per heavy atom. The number of rotatable bonds is 8. The Morgan fingerprint density at radius 1 is 0.614 bits per heavy atom. The molecule has 0 amide bonds. The third kappa shape index (κ3) is 7.85. The Morgan fingerprint density at radius 2 is 1.09 bits per heavy atom. The van der Waals surface area contributed by atoms with Crippen LogP contribution in [0, 0.1) is 5.92 Å². The Labute approximate surface area is 251 Å². The van der Waals surface area contributed by atoms with Crippen LogP contribution in [-0.4, -0.2) is 203 Å². The highest BCUT2D eigenvalue weighted by atomic mass is 16.7. The molecule has 0 aromatic heterocycles. The molecule has 0 spiro atoms. The van der Waals surface area contributed by atoms with E-state index in [1.807, 2.05) is 0 Å². The largest absolute Gasteiger partial charge is 0.394 e. The van der Waals surface area contributed by atoms with Crippen molar-refractivity contribution in [1.29, 1.82) is 0 Å². The van der Waals surface area contributed by atoms with Gasteiger partial charge in [-0.1, -0.05) is 6.92 Å². The lowest BCUT2D eigenvalue weighted by atomic mass is 9.88. The second kappa shape index (κ2) is 15.9. The summed E-state index contributed by atoms with van der Waals surface area (Å²) in [6.45, 7) is 0.778. The normalized spacial score (nSPS) is 51.5. The maximum atomic E-state index is 10.4. The number of hydrogen-bond donors (Lipinski definition) is 13. The number of aliphatic hydroxyl groups is 13. The van der Waals surface area contributed by atoms with E-state index in [9.17, 15) is 51.1 Å². The number of hydrogen-bond acceptors (Lipinski definition) is 19. The van der Waals surface area contributed by atoms with Gasteiger partial charge in [0.1, 0.15) is 73.2 Å². The molecule has 13 N–H and O–H groups in total. The zero-order valence-electron chi connectivity index (χ0n) is 24.1. The number of ether oxygens (including phenoxy) is 6. The summed E-state index contributed by atoms with van der Waals surface area (Å²) in [5.41, 5.74) is 0. The lowest BCUT2D eigenvalue weighted by molar-refractivity contribution is -0.337. The van der Waals surface area contributed by atoms with Crippen molar-refractivity contribution in [2.24, 2.45) is 5.92 Å². The smallest absolute Gasteiger partial charge is 0.218 e. The Kier molecular flexibility index (Phi) is 13.6. The van der Waals surface area contributed by atoms with Gasteiger partial charge < -0.3 is 94.8 Å². The molecule has 44 heavy (non-hydrogen) atoms. The highest BCUT2D eigenvalue weighted by molar-refractivity contribution is 4.95. The van der Waals surface area contributed by atoms with E-state index < -0.39 is 124 Å². The van der Waals surface area contributed by atoms with Gasteiger partial charge in [0, 0.05) is 5.92 Å². The molecule has 18 atom stereocenters. The molecule has 0 saturated carbocycles. The van der Waals surface area contributed by atoms with E-state index in [-0.39, 0.29) is 18.6 Å². The van der Waals surface area contributed by atoms with Crippen molar-refractivity contribution in [2.75, 3.05) is 33.0 Å². The third-order valence-corrected chi connectivity index (χ3v) is 8.39. The average molecular weight is 651 g/mol. The van der Waals surface area contributed by atoms with Crippen LogP contribution in [0.25, 0.3) is 0 Å². The molecule has 4 rings (SSSR count). The van der Waals surface area contributed by atoms with Crippen molar-refractivity contribution < 1.29 is 94.8 Å². The van der Waals surface area contributed by atoms with Crippen LogP contribution in [0.1, 0.15) is 13.8 Å². The van der Waals surface area contributed by atoms with Gasteiger partial charge in [-0.15, -0.1) is 0 Å². The summed E-state index contributed by atoms with van der Waals surface area (Å²) in [6.07, 6.45) is -20.3. The maximum Gasteiger partial charge on any atom is 0.218 e. The Bertz CT molecular complexity index is 865. The third-order valence-electron chi connectivity index (χ3n) is 8.39. The molecule has 19 nitrogen and oxygen atoms in total. The molecule has 0 bridgehead atoms. The first-order chi connectivity index (χ1) is 20.6. The lowest BCUT2D eigenvalue weighted by Crippen LogP contribution is -2.63. The zero-order valence-corrected chi connectivity index (χ0v) is 24.1. The summed E-state index contributed by atoms with van der Waals surface area (Å²) in [7, 11) is 0. The van der Waals surface area contributed by atoms with Crippen LogP contribution in [0.3, 0.4) is 0 Å². The van der Waals surface area contributed by atoms with Crippen LogP contribution >= 0.6 is 0 Å². The highest BCUT2D eigenvalue weighted by Gasteiger charge is 2.52. The monoisotopic (exact) mass is 650 g/mol. The molecule has 0 aliphatic carbocycles. The maximum absolute atomic E-state index is 10.4. The van der Waals surface area contributed by atoms with Crippen LogP contribution in [0.15, 0.2) is 0 Å². The average Bonchev–Trinajstić information content (AvgIpc) is 3.30. The Balaban J connectivity index is 0.000000241. The van der Waals surface area contributed by atoms with Gasteiger partial charge in [-0.3, -0.25) is 0 Å². The molecular weight excluding hydrogens is 604 g/mol. The summed E-state index contributed by atoms with van der Waals surface area (Å²) in [5.74, 6) is -2.47. The van der Waals surface area contributed by atoms with Crippen molar-refractivity contribution >= 4 is 0 Å². The molecule has 260 valence electrons. The fourth-order valence-corrected chi connectivity index (χ4v) is 5.22. The van der Waals surface area contributed by atoms with Crippen LogP contribution in [0.4, 0.5) is 0 Å². The second-order valence-corrected chi connectivity index (χ2v) is 11.3. The molecule has 0 aromatic carbocycles. The molecular formula is C25H46O19. The van der Waals surface area contributed by atoms with Gasteiger partial charge in [0.05, 0.1) is 45.2 Å². The van der Waals surface area contributed by atoms with Crippen LogP contribution in [0.2, 0.25) is 0 Å². The van der Waals surface area contributed by atoms with Gasteiger partial charge in [-0.2, -0.15) is 0 Å². The fourth-order valence-electron chi connectivity index (χ4n) is 5.22. The SMILES string of the molecule is CC1[C@H](C)OC(CO)[C@@H](O[C@H]2OC(CO)[C@@H](O)[C@H](O)C2O)[C@@H]1O.OCC1O[C@H](O[C@H]2CO[C@@](O)(CO)C2O)C(O)[C@@H](O)[C@@H]1O. The summed E-state index contributed by atoms with van der Waals surface area (Å²) in [6, 6.07) is 0. The standard InChI is InChI=1S/C14H26O9.C11H20O10/c1-5-6(2)21-8(4-16)13(9(5)17)23-14-12(20)11(19)10(18)7(3-15)22-14;12-1-4-6(14)7(15)8(16)10(20-4)21-5-2-19-11(18,3-13)9(5)17/h5-20H,3-4H2,1-2H3;4-10,12-18H,1-3H2/t5?,6-,7?,8?,9+,10+,11-,12?,13+,14+;4?,5-,6+,7-,8?,9?,10+,11-/m00/s1. The first-order valence-electron chi connectivity index (χ1n) is 14.2. The number of aliphatic hydroxyl groups excluding tert-OH is 12. The van der Waals surface area contributed by atoms with E-state index in [1.54, 1.807) is 13.8 Å². The van der Waals surface area contributed by atoms with Crippen LogP contribution in [0.5, 0.6) is 0 Å². The van der Waals surface area contributed by atoms with Gasteiger partial charge in [0.2, 0.25) is 5.79 Å². The summed E-state index contributed by atoms with van der Waals surface area (Å²) in [4.78, 5) is 0. The van der Waals surface area contributed by atoms with Gasteiger partial charge in [-0.05, 0) is 6.92 Å². The predicted molar refractivity (Wildman–Crippen MR) is 138 cm³/mol. The predicted octanol–water partition coefficient (Wildman–Crippen LogP) is -7.81. The molecule has 4 aliphatic heterocycles. The fraction of sp³-hybridized carbons (Fsp3) is 1.00. The molecule has 0 aromatic rings. The summed E-state index contributed by atoms with van der Waals surface area (Å²) >= 11 is 0. The van der Waals surface area contributed by atoms with E-state index >= 15 is 0 Å². The molecule has 7 unspecified atom stereocenters. The van der Waals surface area contributed by atoms with Crippen molar-refractivity contribution in [3.8, 4) is 0 Å². The van der Waals surface area contributed by atoms with Gasteiger partial charge in [0.25, 0.3) is 0 Å². The first kappa shape index (κ1) is 37.7. The van der Waals surface area contributed by atoms with Crippen LogP contribution < -0.4 is 0 Å². The van der Waals surface area contributed by atoms with Gasteiger partial charge in [0.15, 0.2) is 12.6 Å². The van der Waals surface area contributed by atoms with Crippen molar-refractivity contribution in [3.63, 3.8) is 0 Å². The summed E-state index contributed by atoms with van der Waals surface area (Å²) in [5, 5.41) is 125. The van der Waals surface area contributed by atoms with E-state index in [2.05, 4.69) is 0 Å². The molecule has 4 fully saturated rings. The van der Waals surface area contributed by atoms with E-state index in [4.69, 9.17) is 43.7 Å². The first-order valence-corrected chi connectivity index (χ1v) is 14.2. The lowest BCUT2D eigenvalue weighted by Gasteiger charge is -2.46. The topological polar surface area (TPSA) is 318 Å². The molecule has 4 aliphatic rings. The van der Waals surface area contributed by atoms with Crippen LogP contribution in [-0.2, 0) is 28.4 Å². The Hall–Kier alpha value is -0.760. The molecule has 19 heteroatoms. The molecule has 4 heterocycles. The van der Waals surface area contributed by atoms with Crippen molar-refractivity contribution in [3.05, 3.63) is 0 Å². The minimum atomic E-state index is -2.18. The van der Waals surface area contributed by atoms with E-state index in [0.29, 0.717) is 0 Å². The van der Waals surface area contributed by atoms with E-state index in [0.717, 1.165) is 0 Å². The van der Waals surface area contributed by atoms with Gasteiger partial charge in [-0.25, -0.2) is 0 Å². The van der Waals surface area contributed by atoms with E-state index in [1.165, 1.54) is 0 Å². The van der Waals surface area contributed by atoms with Gasteiger partial charge >= 0.3 is 0 Å².